The third kappa shape index (κ3) is 7.70. The predicted molar refractivity (Wildman–Crippen MR) is 139 cm³/mol. The highest BCUT2D eigenvalue weighted by molar-refractivity contribution is 14.0. The molecule has 1 unspecified atom stereocenters. The summed E-state index contributed by atoms with van der Waals surface area (Å²) in [7, 11) is -1.53. The van der Waals surface area contributed by atoms with Crippen molar-refractivity contribution in [3.05, 3.63) is 70.5 Å². The Morgan fingerprint density at radius 1 is 1.16 bits per heavy atom. The number of rotatable bonds is 7. The smallest absolute Gasteiger partial charge is 0.191 e. The van der Waals surface area contributed by atoms with Crippen LogP contribution in [0.15, 0.2) is 47.5 Å². The summed E-state index contributed by atoms with van der Waals surface area (Å²) in [6, 6.07) is 13.1. The van der Waals surface area contributed by atoms with Gasteiger partial charge in [-0.3, -0.25) is 9.89 Å². The van der Waals surface area contributed by atoms with Crippen molar-refractivity contribution in [2.75, 3.05) is 26.4 Å². The van der Waals surface area contributed by atoms with Crippen LogP contribution in [0.4, 0.5) is 4.39 Å². The van der Waals surface area contributed by atoms with Gasteiger partial charge in [-0.2, -0.15) is 0 Å². The van der Waals surface area contributed by atoms with E-state index in [1.54, 1.807) is 7.05 Å². The van der Waals surface area contributed by atoms with Crippen LogP contribution in [0.5, 0.6) is 0 Å². The van der Waals surface area contributed by atoms with Crippen molar-refractivity contribution in [3.63, 3.8) is 0 Å². The lowest BCUT2D eigenvalue weighted by Gasteiger charge is -2.34. The molecule has 0 aromatic heterocycles. The van der Waals surface area contributed by atoms with Gasteiger partial charge in [-0.1, -0.05) is 30.3 Å². The molecule has 9 heteroatoms. The minimum absolute atomic E-state index is 0. The van der Waals surface area contributed by atoms with Crippen molar-refractivity contribution in [3.8, 4) is 0 Å². The van der Waals surface area contributed by atoms with Gasteiger partial charge in [-0.25, -0.2) is 12.8 Å². The Morgan fingerprint density at radius 2 is 1.88 bits per heavy atom. The van der Waals surface area contributed by atoms with Crippen LogP contribution in [0.3, 0.4) is 0 Å². The Balaban J connectivity index is 0.00000363. The number of sulfone groups is 1. The van der Waals surface area contributed by atoms with E-state index in [-0.39, 0.29) is 36.3 Å². The number of nitrogens with zero attached hydrogens (tertiary/aromatic N) is 2. The van der Waals surface area contributed by atoms with Crippen molar-refractivity contribution in [2.24, 2.45) is 4.99 Å². The average Bonchev–Trinajstić information content (AvgIpc) is 2.74. The van der Waals surface area contributed by atoms with E-state index in [1.807, 2.05) is 0 Å². The van der Waals surface area contributed by atoms with Gasteiger partial charge in [-0.15, -0.1) is 24.0 Å². The summed E-state index contributed by atoms with van der Waals surface area (Å²) in [5, 5.41) is 6.50. The summed E-state index contributed by atoms with van der Waals surface area (Å²) in [5.74, 6) is 0.0823. The van der Waals surface area contributed by atoms with Gasteiger partial charge in [0, 0.05) is 45.5 Å². The highest BCUT2D eigenvalue weighted by atomic mass is 127. The second-order valence-corrected chi connectivity index (χ2v) is 10.3. The first-order valence-corrected chi connectivity index (χ1v) is 12.5. The molecule has 176 valence electrons. The number of benzene rings is 2. The normalized spacial score (nSPS) is 15.4. The molecule has 3 rings (SSSR count). The van der Waals surface area contributed by atoms with Gasteiger partial charge in [0.1, 0.15) is 5.82 Å². The third-order valence-electron chi connectivity index (χ3n) is 5.60. The number of hydrogen-bond donors (Lipinski definition) is 2. The first-order valence-electron chi connectivity index (χ1n) is 10.5. The molecule has 0 radical (unpaired) electrons. The molecular weight excluding hydrogens is 542 g/mol. The minimum Gasteiger partial charge on any atom is -0.355 e. The van der Waals surface area contributed by atoms with E-state index in [4.69, 9.17) is 0 Å². The zero-order valence-corrected chi connectivity index (χ0v) is 21.9. The molecule has 32 heavy (non-hydrogen) atoms. The van der Waals surface area contributed by atoms with Crippen molar-refractivity contribution in [1.29, 1.82) is 0 Å². The molecule has 0 saturated carbocycles. The van der Waals surface area contributed by atoms with Crippen LogP contribution in [-0.2, 0) is 35.1 Å². The van der Waals surface area contributed by atoms with Gasteiger partial charge >= 0.3 is 0 Å². The molecular formula is C23H32FIN4O2S. The maximum atomic E-state index is 13.7. The van der Waals surface area contributed by atoms with E-state index in [1.165, 1.54) is 35.6 Å². The molecule has 1 aliphatic rings. The fourth-order valence-corrected chi connectivity index (χ4v) is 4.70. The number of hydrogen-bond acceptors (Lipinski definition) is 4. The Hall–Kier alpha value is -1.72. The van der Waals surface area contributed by atoms with Gasteiger partial charge in [-0.05, 0) is 47.7 Å². The quantitative estimate of drug-likeness (QED) is 0.302. The van der Waals surface area contributed by atoms with Gasteiger partial charge < -0.3 is 10.6 Å². The molecule has 1 aliphatic heterocycles. The molecule has 2 aromatic carbocycles. The molecule has 0 saturated heterocycles. The maximum Gasteiger partial charge on any atom is 0.191 e. The van der Waals surface area contributed by atoms with E-state index in [0.717, 1.165) is 19.5 Å². The number of aliphatic imine (C=N–C) groups is 1. The molecule has 1 atom stereocenters. The van der Waals surface area contributed by atoms with E-state index in [0.29, 0.717) is 29.7 Å². The molecule has 0 bridgehead atoms. The molecule has 0 amide bonds. The van der Waals surface area contributed by atoms with Crippen LogP contribution in [0.1, 0.15) is 29.2 Å². The monoisotopic (exact) mass is 574 g/mol. The Morgan fingerprint density at radius 3 is 2.56 bits per heavy atom. The molecule has 2 aromatic rings. The molecule has 6 nitrogen and oxygen atoms in total. The molecule has 0 spiro atoms. The lowest BCUT2D eigenvalue weighted by molar-refractivity contribution is 0.191. The van der Waals surface area contributed by atoms with E-state index < -0.39 is 15.7 Å². The Labute approximate surface area is 207 Å². The van der Waals surface area contributed by atoms with E-state index in [9.17, 15) is 12.8 Å². The fourth-order valence-electron chi connectivity index (χ4n) is 3.85. The van der Waals surface area contributed by atoms with E-state index in [2.05, 4.69) is 51.7 Å². The first kappa shape index (κ1) is 26.5. The van der Waals surface area contributed by atoms with Crippen LogP contribution in [0, 0.1) is 5.82 Å². The lowest BCUT2D eigenvalue weighted by atomic mass is 9.99. The largest absolute Gasteiger partial charge is 0.355 e. The highest BCUT2D eigenvalue weighted by Crippen LogP contribution is 2.20. The summed E-state index contributed by atoms with van der Waals surface area (Å²) < 4.78 is 37.1. The highest BCUT2D eigenvalue weighted by Gasteiger charge is 2.20. The topological polar surface area (TPSA) is 73.8 Å². The molecule has 0 fully saturated rings. The van der Waals surface area contributed by atoms with Crippen molar-refractivity contribution in [2.45, 2.75) is 38.2 Å². The average molecular weight is 575 g/mol. The van der Waals surface area contributed by atoms with Crippen LogP contribution >= 0.6 is 24.0 Å². The summed E-state index contributed by atoms with van der Waals surface area (Å²) in [4.78, 5) is 6.69. The zero-order chi connectivity index (χ0) is 22.4. The van der Waals surface area contributed by atoms with Crippen molar-refractivity contribution in [1.82, 2.24) is 15.5 Å². The first-order chi connectivity index (χ1) is 14.7. The summed E-state index contributed by atoms with van der Waals surface area (Å²) >= 11 is 0. The Bertz CT molecular complexity index is 1050. The summed E-state index contributed by atoms with van der Waals surface area (Å²) in [6.07, 6.45) is 2.23. The van der Waals surface area contributed by atoms with Crippen molar-refractivity contribution < 1.29 is 12.8 Å². The standard InChI is InChI=1S/C23H31FN4O2S.HI/c1-17(28-11-10-18-6-4-5-7-19(18)15-28)13-26-23(25-2)27-14-21-12-22(24)9-8-20(21)16-31(3,29)30;/h4-9,12,17H,10-11,13-16H2,1-3H3,(H2,25,26,27);1H. The van der Waals surface area contributed by atoms with Crippen LogP contribution < -0.4 is 10.6 Å². The van der Waals surface area contributed by atoms with E-state index >= 15 is 0 Å². The SMILES string of the molecule is CN=C(NCc1cc(F)ccc1CS(C)(=O)=O)NCC(C)N1CCc2ccccc2C1.I. The lowest BCUT2D eigenvalue weighted by Crippen LogP contribution is -2.47. The van der Waals surface area contributed by atoms with Gasteiger partial charge in [0.2, 0.25) is 0 Å². The van der Waals surface area contributed by atoms with Crippen LogP contribution in [0.25, 0.3) is 0 Å². The molecule has 2 N–H and O–H groups in total. The summed E-state index contributed by atoms with van der Waals surface area (Å²) in [6.45, 7) is 5.13. The predicted octanol–water partition coefficient (Wildman–Crippen LogP) is 3.10. The third-order valence-corrected chi connectivity index (χ3v) is 6.44. The van der Waals surface area contributed by atoms with Crippen LogP contribution in [0.2, 0.25) is 0 Å². The fraction of sp³-hybridized carbons (Fsp3) is 0.435. The van der Waals surface area contributed by atoms with Crippen LogP contribution in [-0.4, -0.2) is 51.7 Å². The second kappa shape index (κ2) is 11.9. The zero-order valence-electron chi connectivity index (χ0n) is 18.8. The molecule has 0 aliphatic carbocycles. The number of nitrogens with one attached hydrogen (secondary N) is 2. The number of halogens is 2. The summed E-state index contributed by atoms with van der Waals surface area (Å²) in [5.41, 5.74) is 4.00. The van der Waals surface area contributed by atoms with Gasteiger partial charge in [0.15, 0.2) is 15.8 Å². The number of fused-ring (bicyclic) bond motifs is 1. The number of guanidine groups is 1. The van der Waals surface area contributed by atoms with Crippen molar-refractivity contribution >= 4 is 39.8 Å². The minimum atomic E-state index is -3.21. The Kier molecular flexibility index (Phi) is 9.90. The van der Waals surface area contributed by atoms with Gasteiger partial charge in [0.25, 0.3) is 0 Å². The molecule has 1 heterocycles. The van der Waals surface area contributed by atoms with Gasteiger partial charge in [0.05, 0.1) is 5.75 Å². The second-order valence-electron chi connectivity index (χ2n) is 8.13. The maximum absolute atomic E-state index is 13.7.